The molecule has 1 aromatic carbocycles. The van der Waals surface area contributed by atoms with E-state index in [1.54, 1.807) is 0 Å². The van der Waals surface area contributed by atoms with Crippen LogP contribution in [0.1, 0.15) is 0 Å². The first-order valence-electron chi connectivity index (χ1n) is 12.6. The highest BCUT2D eigenvalue weighted by Gasteiger charge is 2.50. The number of phenols is 4. The second-order valence-corrected chi connectivity index (χ2v) is 9.83. The number of phenolic OH excluding ortho intramolecular Hbond substituents is 4. The van der Waals surface area contributed by atoms with Gasteiger partial charge in [-0.3, -0.25) is 4.79 Å². The Morgan fingerprint density at radius 2 is 1.50 bits per heavy atom. The van der Waals surface area contributed by atoms with Gasteiger partial charge in [0.2, 0.25) is 6.29 Å². The van der Waals surface area contributed by atoms with E-state index in [1.165, 1.54) is 6.07 Å². The van der Waals surface area contributed by atoms with Crippen molar-refractivity contribution in [3.63, 3.8) is 0 Å². The van der Waals surface area contributed by atoms with Crippen molar-refractivity contribution < 1.29 is 74.4 Å². The van der Waals surface area contributed by atoms with Gasteiger partial charge in [-0.1, -0.05) is 0 Å². The van der Waals surface area contributed by atoms with Gasteiger partial charge in [0.25, 0.3) is 0 Å². The van der Waals surface area contributed by atoms with Crippen LogP contribution in [0.4, 0.5) is 0 Å². The Kier molecular flexibility index (Phi) is 8.17. The van der Waals surface area contributed by atoms with Crippen LogP contribution in [-0.4, -0.2) is 120 Å². The minimum Gasteiger partial charge on any atom is -0.507 e. The molecule has 42 heavy (non-hydrogen) atoms. The van der Waals surface area contributed by atoms with Crippen molar-refractivity contribution >= 4 is 0 Å². The SMILES string of the molecule is O=c1cc2oc(-c3cc(O)c(O)c(O)c3)c(O[C@@H]3O[C@H](CO)[C@@H](O)[C@H](O)[C@H]3O[C@@H]3OC[C@@H](O)[C@H](O)[C@H]3O)cc-2c(O)c1. The molecule has 0 radical (unpaired) electrons. The lowest BCUT2D eigenvalue weighted by Gasteiger charge is -2.44. The van der Waals surface area contributed by atoms with Gasteiger partial charge in [-0.15, -0.1) is 0 Å². The summed E-state index contributed by atoms with van der Waals surface area (Å²) in [7, 11) is 0. The van der Waals surface area contributed by atoms with Crippen molar-refractivity contribution in [1.82, 2.24) is 0 Å². The first-order valence-corrected chi connectivity index (χ1v) is 12.6. The van der Waals surface area contributed by atoms with E-state index in [2.05, 4.69) is 0 Å². The molecule has 0 unspecified atom stereocenters. The summed E-state index contributed by atoms with van der Waals surface area (Å²) in [4.78, 5) is 12.0. The van der Waals surface area contributed by atoms with E-state index in [1.807, 2.05) is 0 Å². The molecule has 0 bridgehead atoms. The number of aromatic hydroxyl groups is 4. The zero-order valence-corrected chi connectivity index (χ0v) is 21.4. The van der Waals surface area contributed by atoms with Gasteiger partial charge in [-0.25, -0.2) is 0 Å². The molecule has 0 saturated carbocycles. The maximum absolute atomic E-state index is 12.0. The fourth-order valence-corrected chi connectivity index (χ4v) is 4.67. The van der Waals surface area contributed by atoms with Crippen molar-refractivity contribution in [2.24, 2.45) is 0 Å². The highest BCUT2D eigenvalue weighted by atomic mass is 16.8. The average Bonchev–Trinajstić information content (AvgIpc) is 2.95. The standard InChI is InChI=1S/C26H28O16/c27-6-17-20(35)21(36)24(42-25-22(37)19(34)14(32)7-38-25)26(41-17)40-16-5-10-11(29)3-9(28)4-15(10)39-23(16)8-1-12(30)18(33)13(31)2-8/h1-5,14,17,19-22,24-27,29-37H,6-7H2/t14-,17-,19+,20-,21+,22-,24-,25+,26-/m1/s1. The Bertz CT molecular complexity index is 1430. The molecule has 1 aromatic rings. The molecule has 4 aliphatic rings. The Labute approximate surface area is 235 Å². The van der Waals surface area contributed by atoms with Gasteiger partial charge in [0.1, 0.15) is 48.1 Å². The Morgan fingerprint density at radius 1 is 0.810 bits per heavy atom. The molecule has 2 fully saturated rings. The third-order valence-electron chi connectivity index (χ3n) is 6.95. The lowest BCUT2D eigenvalue weighted by Crippen LogP contribution is -2.63. The molecule has 3 aliphatic heterocycles. The van der Waals surface area contributed by atoms with Crippen LogP contribution in [0.3, 0.4) is 0 Å². The number of benzene rings is 2. The molecule has 16 heteroatoms. The van der Waals surface area contributed by atoms with Crippen LogP contribution in [0, 0.1) is 0 Å². The maximum atomic E-state index is 12.0. The van der Waals surface area contributed by atoms with Crippen molar-refractivity contribution in [1.29, 1.82) is 0 Å². The van der Waals surface area contributed by atoms with Crippen LogP contribution in [-0.2, 0) is 14.2 Å². The maximum Gasteiger partial charge on any atom is 0.229 e. The summed E-state index contributed by atoms with van der Waals surface area (Å²) in [5.41, 5.74) is -0.771. The van der Waals surface area contributed by atoms with Crippen LogP contribution in [0.2, 0.25) is 0 Å². The summed E-state index contributed by atoms with van der Waals surface area (Å²) in [6, 6.07) is 5.08. The minimum absolute atomic E-state index is 0.0451. The topological polar surface area (TPSA) is 269 Å². The fourth-order valence-electron chi connectivity index (χ4n) is 4.67. The van der Waals surface area contributed by atoms with Crippen molar-refractivity contribution in [2.45, 2.75) is 55.3 Å². The molecule has 0 spiro atoms. The van der Waals surface area contributed by atoms with E-state index in [4.69, 9.17) is 23.4 Å². The van der Waals surface area contributed by atoms with Crippen molar-refractivity contribution in [3.05, 3.63) is 40.6 Å². The van der Waals surface area contributed by atoms with Gasteiger partial charge in [0, 0.05) is 17.7 Å². The lowest BCUT2D eigenvalue weighted by molar-refractivity contribution is -0.344. The number of fused-ring (bicyclic) bond motifs is 1. The highest BCUT2D eigenvalue weighted by Crippen LogP contribution is 2.45. The quantitative estimate of drug-likeness (QED) is 0.136. The zero-order chi connectivity index (χ0) is 30.5. The van der Waals surface area contributed by atoms with Crippen LogP contribution in [0.15, 0.2) is 39.5 Å². The molecule has 0 amide bonds. The van der Waals surface area contributed by atoms with Crippen LogP contribution < -0.4 is 10.2 Å². The van der Waals surface area contributed by atoms with Gasteiger partial charge in [0.15, 0.2) is 46.6 Å². The second kappa shape index (κ2) is 11.5. The molecular formula is C26H28O16. The van der Waals surface area contributed by atoms with Gasteiger partial charge in [0.05, 0.1) is 18.8 Å². The normalized spacial score (nSPS) is 31.7. The van der Waals surface area contributed by atoms with E-state index in [9.17, 15) is 55.9 Å². The summed E-state index contributed by atoms with van der Waals surface area (Å²) in [6.45, 7) is -1.25. The van der Waals surface area contributed by atoms with E-state index in [-0.39, 0.29) is 28.4 Å². The van der Waals surface area contributed by atoms with Crippen molar-refractivity contribution in [2.75, 3.05) is 13.2 Å². The predicted octanol–water partition coefficient (Wildman–Crippen LogP) is -2.12. The fraction of sp³-hybridized carbons (Fsp3) is 0.423. The number of aliphatic hydroxyl groups excluding tert-OH is 6. The number of hydrogen-bond acceptors (Lipinski definition) is 16. The number of hydrogen-bond donors (Lipinski definition) is 10. The van der Waals surface area contributed by atoms with Crippen LogP contribution >= 0.6 is 0 Å². The molecule has 10 N–H and O–H groups in total. The molecular weight excluding hydrogens is 568 g/mol. The largest absolute Gasteiger partial charge is 0.507 e. The molecule has 9 atom stereocenters. The zero-order valence-electron chi connectivity index (χ0n) is 21.4. The van der Waals surface area contributed by atoms with Gasteiger partial charge < -0.3 is 74.4 Å². The van der Waals surface area contributed by atoms with Gasteiger partial charge in [-0.05, 0) is 18.2 Å². The van der Waals surface area contributed by atoms with Crippen LogP contribution in [0.5, 0.6) is 28.7 Å². The van der Waals surface area contributed by atoms with E-state index >= 15 is 0 Å². The molecule has 0 aromatic heterocycles. The Hall–Kier alpha value is -3.71. The third kappa shape index (κ3) is 5.42. The second-order valence-electron chi connectivity index (χ2n) is 9.83. The number of rotatable bonds is 6. The van der Waals surface area contributed by atoms with E-state index < -0.39 is 96.9 Å². The average molecular weight is 596 g/mol. The van der Waals surface area contributed by atoms with Gasteiger partial charge in [-0.2, -0.15) is 0 Å². The summed E-state index contributed by atoms with van der Waals surface area (Å²) in [6.07, 6.45) is -15.0. The van der Waals surface area contributed by atoms with E-state index in [0.717, 1.165) is 24.3 Å². The molecule has 2 saturated heterocycles. The Balaban J connectivity index is 1.59. The third-order valence-corrected chi connectivity index (χ3v) is 6.95. The van der Waals surface area contributed by atoms with Crippen LogP contribution in [0.25, 0.3) is 22.6 Å². The summed E-state index contributed by atoms with van der Waals surface area (Å²) in [5.74, 6) is -3.64. The first-order chi connectivity index (χ1) is 19.9. The smallest absolute Gasteiger partial charge is 0.229 e. The Morgan fingerprint density at radius 3 is 2.17 bits per heavy atom. The minimum atomic E-state index is -1.85. The van der Waals surface area contributed by atoms with Gasteiger partial charge >= 0.3 is 0 Å². The number of ether oxygens (including phenoxy) is 4. The molecule has 228 valence electrons. The highest BCUT2D eigenvalue weighted by molar-refractivity contribution is 5.77. The molecule has 1 aliphatic carbocycles. The first kappa shape index (κ1) is 29.8. The predicted molar refractivity (Wildman–Crippen MR) is 135 cm³/mol. The summed E-state index contributed by atoms with van der Waals surface area (Å²) >= 11 is 0. The summed E-state index contributed by atoms with van der Waals surface area (Å²) < 4.78 is 28.2. The van der Waals surface area contributed by atoms with Crippen molar-refractivity contribution in [3.8, 4) is 51.4 Å². The molecule has 5 rings (SSSR count). The summed E-state index contributed by atoms with van der Waals surface area (Å²) in [5, 5.41) is 102. The number of aliphatic hydroxyl groups is 6. The molecule has 3 heterocycles. The monoisotopic (exact) mass is 596 g/mol. The molecule has 16 nitrogen and oxygen atoms in total. The van der Waals surface area contributed by atoms with E-state index in [0.29, 0.717) is 0 Å². The lowest BCUT2D eigenvalue weighted by atomic mass is 9.98.